The van der Waals surface area contributed by atoms with Crippen LogP contribution in [0.4, 0.5) is 9.59 Å². The molecular weight excluding hydrogens is 761 g/mol. The van der Waals surface area contributed by atoms with Crippen LogP contribution in [-0.4, -0.2) is 92.6 Å². The minimum absolute atomic E-state index is 0.122. The van der Waals surface area contributed by atoms with Gasteiger partial charge in [0.15, 0.2) is 0 Å². The molecule has 2 bridgehead atoms. The molecule has 14 heteroatoms. The van der Waals surface area contributed by atoms with Crippen LogP contribution >= 0.6 is 0 Å². The molecule has 1 saturated carbocycles. The molecule has 0 unspecified atom stereocenters. The van der Waals surface area contributed by atoms with Gasteiger partial charge in [0.25, 0.3) is 0 Å². The van der Waals surface area contributed by atoms with Gasteiger partial charge in [0.05, 0.1) is 50.1 Å². The Bertz CT molecular complexity index is 2640. The molecule has 3 aliphatic rings. The molecule has 3 fully saturated rings. The minimum Gasteiger partial charge on any atom is -0.453 e. The number of carbonyl (C=O) groups excluding carboxylic acids is 4. The number of methoxy groups -OCH3 is 2. The molecule has 4 amide bonds. The zero-order chi connectivity index (χ0) is 41.7. The van der Waals surface area contributed by atoms with Crippen molar-refractivity contribution in [2.24, 2.45) is 5.92 Å². The van der Waals surface area contributed by atoms with E-state index in [0.717, 1.165) is 98.9 Å². The van der Waals surface area contributed by atoms with E-state index in [0.29, 0.717) is 12.5 Å². The SMILES string of the molecule is COC(=O)N[C@@H](C)C(=O)N1CCC[C@H]1c1ncc(-c2ccc3cc(-c4ccc5cc(-c6cnc([C@@H]7[C@H]8CC[C@H](C8)N7C(=O)[C@H](C)NC(=O)OC)[nH]6)ccc5c4)ccc3c2)[nH]1. The highest BCUT2D eigenvalue weighted by molar-refractivity contribution is 5.94. The summed E-state index contributed by atoms with van der Waals surface area (Å²) >= 11 is 0. The minimum atomic E-state index is -0.706. The van der Waals surface area contributed by atoms with Gasteiger partial charge >= 0.3 is 12.2 Å². The molecule has 4 N–H and O–H groups in total. The largest absolute Gasteiger partial charge is 0.453 e. The van der Waals surface area contributed by atoms with E-state index in [4.69, 9.17) is 9.72 Å². The highest BCUT2D eigenvalue weighted by Gasteiger charge is 2.50. The average molecular weight is 809 g/mol. The summed E-state index contributed by atoms with van der Waals surface area (Å²) in [6, 6.07) is 24.1. The highest BCUT2D eigenvalue weighted by atomic mass is 16.5. The summed E-state index contributed by atoms with van der Waals surface area (Å²) in [7, 11) is 2.57. The second-order valence-electron chi connectivity index (χ2n) is 16.2. The Morgan fingerprint density at radius 2 is 1.17 bits per heavy atom. The van der Waals surface area contributed by atoms with Crippen molar-refractivity contribution in [2.45, 2.75) is 76.2 Å². The van der Waals surface area contributed by atoms with Crippen molar-refractivity contribution in [2.75, 3.05) is 20.8 Å². The number of nitrogens with zero attached hydrogens (tertiary/aromatic N) is 4. The standard InChI is InChI=1S/C46H48N8O6/c1-25(49-45(57)59-3)43(55)53-17-5-6-39(53)41-47-23-37(51-41)33-13-11-29-18-27(7-9-31(29)20-33)28-8-10-32-21-34(14-12-30(32)19-28)38-24-48-42(52-38)40-35-15-16-36(22-35)54(40)44(56)26(2)50-46(58)60-4/h7-14,18-21,23-26,35-36,39-40H,5-6,15-17,22H2,1-4H3,(H,47,51)(H,48,52)(H,49,57)(H,50,58)/t25-,26-,35-,36+,39-,40-/m0/s1. The van der Waals surface area contributed by atoms with Crippen molar-refractivity contribution in [1.29, 1.82) is 0 Å². The van der Waals surface area contributed by atoms with Crippen LogP contribution < -0.4 is 10.6 Å². The van der Waals surface area contributed by atoms with Gasteiger partial charge in [-0.15, -0.1) is 0 Å². The van der Waals surface area contributed by atoms with Crippen molar-refractivity contribution in [1.82, 2.24) is 40.4 Å². The monoisotopic (exact) mass is 808 g/mol. The van der Waals surface area contributed by atoms with Crippen molar-refractivity contribution in [3.8, 4) is 33.6 Å². The lowest BCUT2D eigenvalue weighted by atomic mass is 9.96. The summed E-state index contributed by atoms with van der Waals surface area (Å²) < 4.78 is 9.39. The van der Waals surface area contributed by atoms with Gasteiger partial charge in [-0.1, -0.05) is 48.5 Å². The highest BCUT2D eigenvalue weighted by Crippen LogP contribution is 2.50. The van der Waals surface area contributed by atoms with E-state index in [1.54, 1.807) is 18.7 Å². The Morgan fingerprint density at radius 1 is 0.667 bits per heavy atom. The number of hydrogen-bond donors (Lipinski definition) is 4. The first kappa shape index (κ1) is 38.8. The Balaban J connectivity index is 0.894. The van der Waals surface area contributed by atoms with Crippen molar-refractivity contribution in [3.05, 3.63) is 96.8 Å². The first-order valence-corrected chi connectivity index (χ1v) is 20.6. The van der Waals surface area contributed by atoms with Gasteiger partial charge in [0, 0.05) is 23.7 Å². The van der Waals surface area contributed by atoms with Crippen LogP contribution in [0.25, 0.3) is 55.2 Å². The third-order valence-corrected chi connectivity index (χ3v) is 12.6. The van der Waals surface area contributed by atoms with Crippen LogP contribution in [0.15, 0.2) is 85.2 Å². The first-order valence-electron chi connectivity index (χ1n) is 20.6. The van der Waals surface area contributed by atoms with Gasteiger partial charge in [-0.2, -0.15) is 0 Å². The number of likely N-dealkylation sites (tertiary alicyclic amines) is 2. The molecule has 4 heterocycles. The van der Waals surface area contributed by atoms with E-state index < -0.39 is 24.3 Å². The zero-order valence-corrected chi connectivity index (χ0v) is 34.0. The number of amides is 4. The van der Waals surface area contributed by atoms with E-state index in [9.17, 15) is 19.2 Å². The fourth-order valence-corrected chi connectivity index (χ4v) is 9.51. The number of imidazole rings is 2. The maximum Gasteiger partial charge on any atom is 0.407 e. The van der Waals surface area contributed by atoms with Gasteiger partial charge in [0.1, 0.15) is 23.7 Å². The molecule has 0 radical (unpaired) electrons. The Kier molecular flexibility index (Phi) is 10.2. The summed E-state index contributed by atoms with van der Waals surface area (Å²) in [4.78, 5) is 70.4. The molecule has 2 aromatic heterocycles. The van der Waals surface area contributed by atoms with Gasteiger partial charge in [-0.05, 0) is 109 Å². The molecule has 6 atom stereocenters. The van der Waals surface area contributed by atoms with Crippen LogP contribution in [0.2, 0.25) is 0 Å². The van der Waals surface area contributed by atoms with E-state index in [2.05, 4.69) is 103 Å². The number of piperidine rings is 1. The van der Waals surface area contributed by atoms with Gasteiger partial charge in [-0.25, -0.2) is 19.6 Å². The molecule has 2 aliphatic heterocycles. The van der Waals surface area contributed by atoms with Crippen molar-refractivity contribution in [3.63, 3.8) is 0 Å². The summed E-state index contributed by atoms with van der Waals surface area (Å²) in [6.45, 7) is 3.95. The van der Waals surface area contributed by atoms with Crippen LogP contribution in [0.3, 0.4) is 0 Å². The molecule has 2 saturated heterocycles. The molecular formula is C46H48N8O6. The van der Waals surface area contributed by atoms with Gasteiger partial charge in [-0.3, -0.25) is 9.59 Å². The number of rotatable bonds is 9. The smallest absolute Gasteiger partial charge is 0.407 e. The zero-order valence-electron chi connectivity index (χ0n) is 34.0. The third-order valence-electron chi connectivity index (χ3n) is 12.6. The van der Waals surface area contributed by atoms with Crippen LogP contribution in [0.1, 0.15) is 69.7 Å². The average Bonchev–Trinajstić information content (AvgIpc) is 4.14. The number of aromatic amines is 2. The van der Waals surface area contributed by atoms with Crippen LogP contribution in [0.5, 0.6) is 0 Å². The quantitative estimate of drug-likeness (QED) is 0.115. The second kappa shape index (κ2) is 15.8. The van der Waals surface area contributed by atoms with Gasteiger partial charge in [0.2, 0.25) is 11.8 Å². The summed E-state index contributed by atoms with van der Waals surface area (Å²) in [5.41, 5.74) is 6.01. The van der Waals surface area contributed by atoms with E-state index >= 15 is 0 Å². The lowest BCUT2D eigenvalue weighted by molar-refractivity contribution is -0.137. The van der Waals surface area contributed by atoms with Crippen molar-refractivity contribution < 1.29 is 28.7 Å². The summed E-state index contributed by atoms with van der Waals surface area (Å²) in [5, 5.41) is 9.64. The predicted octanol–water partition coefficient (Wildman–Crippen LogP) is 7.64. The molecule has 1 aliphatic carbocycles. The number of H-pyrrole nitrogens is 2. The van der Waals surface area contributed by atoms with Crippen LogP contribution in [-0.2, 0) is 19.1 Å². The number of aromatic nitrogens is 4. The van der Waals surface area contributed by atoms with E-state index in [-0.39, 0.29) is 29.9 Å². The Morgan fingerprint density at radius 3 is 1.73 bits per heavy atom. The number of fused-ring (bicyclic) bond motifs is 4. The third kappa shape index (κ3) is 7.20. The fourth-order valence-electron chi connectivity index (χ4n) is 9.51. The Labute approximate surface area is 347 Å². The fraction of sp³-hybridized carbons (Fsp3) is 0.348. The van der Waals surface area contributed by atoms with Crippen LogP contribution in [0, 0.1) is 5.92 Å². The topological polar surface area (TPSA) is 175 Å². The van der Waals surface area contributed by atoms with Gasteiger partial charge < -0.3 is 39.9 Å². The maximum atomic E-state index is 13.6. The number of benzene rings is 4. The Hall–Kier alpha value is -6.70. The first-order chi connectivity index (χ1) is 29.1. The molecule has 60 heavy (non-hydrogen) atoms. The summed E-state index contributed by atoms with van der Waals surface area (Å²) in [5.74, 6) is 1.54. The molecule has 9 rings (SSSR count). The van der Waals surface area contributed by atoms with E-state index in [1.165, 1.54) is 14.2 Å². The number of ether oxygens (including phenoxy) is 2. The number of carbonyl (C=O) groups is 4. The van der Waals surface area contributed by atoms with Crippen molar-refractivity contribution >= 4 is 45.5 Å². The summed E-state index contributed by atoms with van der Waals surface area (Å²) in [6.07, 6.45) is 6.99. The lowest BCUT2D eigenvalue weighted by Gasteiger charge is -2.36. The molecule has 6 aromatic rings. The lowest BCUT2D eigenvalue weighted by Crippen LogP contribution is -2.50. The normalized spacial score (nSPS) is 20.7. The molecule has 4 aromatic carbocycles. The molecule has 14 nitrogen and oxygen atoms in total. The number of hydrogen-bond acceptors (Lipinski definition) is 8. The maximum absolute atomic E-state index is 13.6. The molecule has 0 spiro atoms. The number of nitrogens with one attached hydrogen (secondary N) is 4. The second-order valence-corrected chi connectivity index (χ2v) is 16.2. The predicted molar refractivity (Wildman–Crippen MR) is 226 cm³/mol. The number of alkyl carbamates (subject to hydrolysis) is 2. The molecule has 308 valence electrons. The van der Waals surface area contributed by atoms with E-state index in [1.807, 2.05) is 17.3 Å².